The molecule has 0 aromatic carbocycles. The summed E-state index contributed by atoms with van der Waals surface area (Å²) in [6.45, 7) is 2.21. The van der Waals surface area contributed by atoms with Gasteiger partial charge in [0.25, 0.3) is 0 Å². The second kappa shape index (κ2) is 4.66. The van der Waals surface area contributed by atoms with Gasteiger partial charge in [0.2, 0.25) is 5.88 Å². The second-order valence-corrected chi connectivity index (χ2v) is 2.53. The van der Waals surface area contributed by atoms with Gasteiger partial charge >= 0.3 is 0 Å². The molecule has 1 atom stereocenters. The molecule has 12 heavy (non-hydrogen) atoms. The van der Waals surface area contributed by atoms with Crippen LogP contribution in [0, 0.1) is 0 Å². The van der Waals surface area contributed by atoms with Crippen molar-refractivity contribution in [3.05, 3.63) is 18.6 Å². The molecular formula is C8H12N2O2. The average molecular weight is 168 g/mol. The van der Waals surface area contributed by atoms with Crippen molar-refractivity contribution < 1.29 is 9.84 Å². The van der Waals surface area contributed by atoms with Gasteiger partial charge < -0.3 is 9.84 Å². The molecule has 1 unspecified atom stereocenters. The van der Waals surface area contributed by atoms with Crippen LogP contribution in [0.4, 0.5) is 0 Å². The third-order valence-corrected chi connectivity index (χ3v) is 1.34. The Hall–Kier alpha value is -1.16. The highest BCUT2D eigenvalue weighted by atomic mass is 16.5. The van der Waals surface area contributed by atoms with E-state index in [9.17, 15) is 0 Å². The van der Waals surface area contributed by atoms with E-state index in [2.05, 4.69) is 9.97 Å². The topological polar surface area (TPSA) is 55.2 Å². The lowest BCUT2D eigenvalue weighted by Crippen LogP contribution is -2.07. The molecule has 4 heteroatoms. The van der Waals surface area contributed by atoms with Crippen molar-refractivity contribution in [2.24, 2.45) is 0 Å². The van der Waals surface area contributed by atoms with E-state index in [4.69, 9.17) is 9.84 Å². The molecule has 1 aromatic heterocycles. The molecule has 0 aliphatic heterocycles. The number of aliphatic hydroxyl groups is 1. The van der Waals surface area contributed by atoms with Gasteiger partial charge in [-0.2, -0.15) is 0 Å². The first-order valence-electron chi connectivity index (χ1n) is 3.86. The summed E-state index contributed by atoms with van der Waals surface area (Å²) in [5, 5.41) is 8.92. The summed E-state index contributed by atoms with van der Waals surface area (Å²) < 4.78 is 5.21. The van der Waals surface area contributed by atoms with Crippen LogP contribution < -0.4 is 4.74 Å². The lowest BCUT2D eigenvalue weighted by molar-refractivity contribution is 0.154. The van der Waals surface area contributed by atoms with Gasteiger partial charge in [-0.05, 0) is 6.92 Å². The highest BCUT2D eigenvalue weighted by molar-refractivity contribution is 5.03. The van der Waals surface area contributed by atoms with Crippen LogP contribution in [-0.4, -0.2) is 27.8 Å². The summed E-state index contributed by atoms with van der Waals surface area (Å²) in [5.41, 5.74) is 0. The molecule has 4 nitrogen and oxygen atoms in total. The van der Waals surface area contributed by atoms with E-state index >= 15 is 0 Å². The quantitative estimate of drug-likeness (QED) is 0.716. The zero-order valence-corrected chi connectivity index (χ0v) is 6.97. The van der Waals surface area contributed by atoms with E-state index in [0.29, 0.717) is 18.9 Å². The fourth-order valence-corrected chi connectivity index (χ4v) is 0.698. The Labute approximate surface area is 71.2 Å². The van der Waals surface area contributed by atoms with Crippen LogP contribution in [0.5, 0.6) is 5.88 Å². The van der Waals surface area contributed by atoms with Crippen molar-refractivity contribution in [1.82, 2.24) is 9.97 Å². The molecule has 0 spiro atoms. The van der Waals surface area contributed by atoms with Crippen molar-refractivity contribution in [2.75, 3.05) is 6.61 Å². The van der Waals surface area contributed by atoms with E-state index < -0.39 is 0 Å². The first kappa shape index (κ1) is 8.93. The van der Waals surface area contributed by atoms with E-state index in [1.54, 1.807) is 19.2 Å². The Morgan fingerprint density at radius 3 is 3.08 bits per heavy atom. The Kier molecular flexibility index (Phi) is 3.47. The number of ether oxygens (including phenoxy) is 1. The van der Waals surface area contributed by atoms with Crippen molar-refractivity contribution in [3.8, 4) is 5.88 Å². The fourth-order valence-electron chi connectivity index (χ4n) is 0.698. The van der Waals surface area contributed by atoms with Gasteiger partial charge in [-0.15, -0.1) is 0 Å². The number of aliphatic hydroxyl groups excluding tert-OH is 1. The van der Waals surface area contributed by atoms with Crippen LogP contribution in [-0.2, 0) is 0 Å². The number of nitrogens with zero attached hydrogens (tertiary/aromatic N) is 2. The molecular weight excluding hydrogens is 156 g/mol. The maximum Gasteiger partial charge on any atom is 0.216 e. The summed E-state index contributed by atoms with van der Waals surface area (Å²) in [6, 6.07) is 1.68. The third kappa shape index (κ3) is 3.30. The molecule has 1 aromatic rings. The standard InChI is InChI=1S/C8H12N2O2/c1-7(11)3-5-12-8-2-4-9-6-10-8/h2,4,6-7,11H,3,5H2,1H3. The second-order valence-electron chi connectivity index (χ2n) is 2.53. The minimum Gasteiger partial charge on any atom is -0.477 e. The molecule has 0 aliphatic rings. The molecule has 66 valence electrons. The Morgan fingerprint density at radius 1 is 1.67 bits per heavy atom. The number of rotatable bonds is 4. The molecule has 0 saturated carbocycles. The number of aromatic nitrogens is 2. The monoisotopic (exact) mass is 168 g/mol. The molecule has 1 rings (SSSR count). The van der Waals surface area contributed by atoms with Crippen LogP contribution in [0.1, 0.15) is 13.3 Å². The molecule has 0 fully saturated rings. The Morgan fingerprint density at radius 2 is 2.50 bits per heavy atom. The summed E-state index contributed by atoms with van der Waals surface area (Å²) >= 11 is 0. The van der Waals surface area contributed by atoms with Gasteiger partial charge in [0.1, 0.15) is 6.33 Å². The minimum atomic E-state index is -0.327. The molecule has 0 radical (unpaired) electrons. The third-order valence-electron chi connectivity index (χ3n) is 1.34. The van der Waals surface area contributed by atoms with E-state index in [1.165, 1.54) is 6.33 Å². The highest BCUT2D eigenvalue weighted by Crippen LogP contribution is 2.02. The first-order chi connectivity index (χ1) is 5.79. The zero-order valence-electron chi connectivity index (χ0n) is 6.97. The summed E-state index contributed by atoms with van der Waals surface area (Å²) in [4.78, 5) is 7.61. The normalized spacial score (nSPS) is 12.5. The van der Waals surface area contributed by atoms with Gasteiger partial charge in [0, 0.05) is 18.7 Å². The van der Waals surface area contributed by atoms with Crippen molar-refractivity contribution >= 4 is 0 Å². The molecule has 0 amide bonds. The SMILES string of the molecule is CC(O)CCOc1ccncn1. The molecule has 0 aliphatic carbocycles. The summed E-state index contributed by atoms with van der Waals surface area (Å²) in [5.74, 6) is 0.547. The largest absolute Gasteiger partial charge is 0.477 e. The molecule has 1 heterocycles. The Bertz CT molecular complexity index is 214. The number of hydrogen-bond donors (Lipinski definition) is 1. The van der Waals surface area contributed by atoms with Crippen LogP contribution in [0.15, 0.2) is 18.6 Å². The maximum absolute atomic E-state index is 8.92. The van der Waals surface area contributed by atoms with Gasteiger partial charge in [0.15, 0.2) is 0 Å². The van der Waals surface area contributed by atoms with E-state index in [-0.39, 0.29) is 6.10 Å². The smallest absolute Gasteiger partial charge is 0.216 e. The van der Waals surface area contributed by atoms with Crippen molar-refractivity contribution in [1.29, 1.82) is 0 Å². The van der Waals surface area contributed by atoms with E-state index in [0.717, 1.165) is 0 Å². The van der Waals surface area contributed by atoms with Crippen molar-refractivity contribution in [3.63, 3.8) is 0 Å². The first-order valence-corrected chi connectivity index (χ1v) is 3.86. The molecule has 1 N–H and O–H groups in total. The molecule has 0 bridgehead atoms. The van der Waals surface area contributed by atoms with Crippen molar-refractivity contribution in [2.45, 2.75) is 19.4 Å². The van der Waals surface area contributed by atoms with Crippen LogP contribution in [0.3, 0.4) is 0 Å². The lowest BCUT2D eigenvalue weighted by Gasteiger charge is -2.05. The summed E-state index contributed by atoms with van der Waals surface area (Å²) in [6.07, 6.45) is 3.33. The van der Waals surface area contributed by atoms with Gasteiger partial charge in [-0.25, -0.2) is 9.97 Å². The van der Waals surface area contributed by atoms with Gasteiger partial charge in [-0.3, -0.25) is 0 Å². The number of hydrogen-bond acceptors (Lipinski definition) is 4. The fraction of sp³-hybridized carbons (Fsp3) is 0.500. The lowest BCUT2D eigenvalue weighted by atomic mass is 10.3. The predicted octanol–water partition coefficient (Wildman–Crippen LogP) is 0.626. The molecule has 0 saturated heterocycles. The predicted molar refractivity (Wildman–Crippen MR) is 43.8 cm³/mol. The minimum absolute atomic E-state index is 0.327. The van der Waals surface area contributed by atoms with Crippen LogP contribution in [0.25, 0.3) is 0 Å². The zero-order chi connectivity index (χ0) is 8.81. The average Bonchev–Trinajstić information content (AvgIpc) is 2.05. The van der Waals surface area contributed by atoms with Crippen LogP contribution >= 0.6 is 0 Å². The maximum atomic E-state index is 8.92. The summed E-state index contributed by atoms with van der Waals surface area (Å²) in [7, 11) is 0. The highest BCUT2D eigenvalue weighted by Gasteiger charge is 1.96. The van der Waals surface area contributed by atoms with Crippen LogP contribution in [0.2, 0.25) is 0 Å². The Balaban J connectivity index is 2.25. The van der Waals surface area contributed by atoms with Gasteiger partial charge in [0.05, 0.1) is 12.7 Å². The van der Waals surface area contributed by atoms with Gasteiger partial charge in [-0.1, -0.05) is 0 Å². The van der Waals surface area contributed by atoms with E-state index in [1.807, 2.05) is 0 Å².